The van der Waals surface area contributed by atoms with Gasteiger partial charge in [-0.2, -0.15) is 0 Å². The van der Waals surface area contributed by atoms with Gasteiger partial charge in [-0.3, -0.25) is 4.90 Å². The number of nitrogens with zero attached hydrogens (tertiary/aromatic N) is 1. The van der Waals surface area contributed by atoms with Crippen molar-refractivity contribution >= 4 is 11.3 Å². The summed E-state index contributed by atoms with van der Waals surface area (Å²) in [5.74, 6) is 0. The van der Waals surface area contributed by atoms with Gasteiger partial charge in [0.05, 0.1) is 0 Å². The van der Waals surface area contributed by atoms with Crippen molar-refractivity contribution in [3.05, 3.63) is 22.4 Å². The van der Waals surface area contributed by atoms with Crippen LogP contribution >= 0.6 is 11.3 Å². The van der Waals surface area contributed by atoms with Gasteiger partial charge in [0.25, 0.3) is 0 Å². The first-order valence-corrected chi connectivity index (χ1v) is 8.19. The Balaban J connectivity index is 2.98. The quantitative estimate of drug-likeness (QED) is 0.850. The Hall–Kier alpha value is -0.380. The van der Waals surface area contributed by atoms with E-state index in [0.717, 1.165) is 13.0 Å². The van der Waals surface area contributed by atoms with Gasteiger partial charge >= 0.3 is 0 Å². The first kappa shape index (κ1) is 16.7. The number of nitrogens with two attached hydrogens (primary N) is 1. The third-order valence-corrected chi connectivity index (χ3v) is 4.56. The van der Waals surface area contributed by atoms with Gasteiger partial charge in [-0.05, 0) is 37.1 Å². The molecule has 1 heterocycles. The van der Waals surface area contributed by atoms with Crippen LogP contribution in [0.15, 0.2) is 17.5 Å². The average molecular weight is 282 g/mol. The van der Waals surface area contributed by atoms with E-state index in [1.54, 1.807) is 0 Å². The van der Waals surface area contributed by atoms with Crippen molar-refractivity contribution in [1.82, 2.24) is 4.90 Å². The van der Waals surface area contributed by atoms with E-state index < -0.39 is 0 Å². The maximum atomic E-state index is 6.43. The second kappa shape index (κ2) is 6.87. The molecule has 0 saturated heterocycles. The van der Waals surface area contributed by atoms with E-state index in [1.165, 1.54) is 4.88 Å². The molecule has 1 aromatic rings. The van der Waals surface area contributed by atoms with Gasteiger partial charge in [0, 0.05) is 29.5 Å². The molecule has 0 fully saturated rings. The summed E-state index contributed by atoms with van der Waals surface area (Å²) >= 11 is 1.83. The molecule has 110 valence electrons. The second-order valence-electron chi connectivity index (χ2n) is 6.73. The predicted molar refractivity (Wildman–Crippen MR) is 86.5 cm³/mol. The molecule has 0 aliphatic carbocycles. The van der Waals surface area contributed by atoms with Crippen LogP contribution in [0.1, 0.15) is 52.8 Å². The third kappa shape index (κ3) is 4.59. The van der Waals surface area contributed by atoms with E-state index >= 15 is 0 Å². The number of hydrogen-bond acceptors (Lipinski definition) is 3. The SMILES string of the molecule is CCC(N)C(N(Cc1cccs1)C(C)C)C(C)(C)C. The van der Waals surface area contributed by atoms with Gasteiger partial charge in [-0.25, -0.2) is 0 Å². The van der Waals surface area contributed by atoms with Gasteiger partial charge in [0.2, 0.25) is 0 Å². The van der Waals surface area contributed by atoms with E-state index in [-0.39, 0.29) is 11.5 Å². The van der Waals surface area contributed by atoms with E-state index in [0.29, 0.717) is 12.1 Å². The minimum atomic E-state index is 0.191. The van der Waals surface area contributed by atoms with Crippen LogP contribution in [0.25, 0.3) is 0 Å². The number of hydrogen-bond donors (Lipinski definition) is 1. The fourth-order valence-corrected chi connectivity index (χ4v) is 3.51. The van der Waals surface area contributed by atoms with Gasteiger partial charge in [-0.1, -0.05) is 33.8 Å². The first-order valence-electron chi connectivity index (χ1n) is 7.31. The summed E-state index contributed by atoms with van der Waals surface area (Å²) in [4.78, 5) is 3.99. The summed E-state index contributed by atoms with van der Waals surface area (Å²) in [5, 5.41) is 2.15. The molecule has 2 atom stereocenters. The molecule has 0 bridgehead atoms. The molecule has 2 nitrogen and oxygen atoms in total. The highest BCUT2D eigenvalue weighted by Gasteiger charge is 2.35. The van der Waals surface area contributed by atoms with Crippen molar-refractivity contribution in [1.29, 1.82) is 0 Å². The Labute approximate surface area is 123 Å². The molecule has 0 spiro atoms. The van der Waals surface area contributed by atoms with Crippen molar-refractivity contribution in [2.45, 2.75) is 72.6 Å². The first-order chi connectivity index (χ1) is 8.77. The second-order valence-corrected chi connectivity index (χ2v) is 7.76. The average Bonchev–Trinajstić information content (AvgIpc) is 2.78. The predicted octanol–water partition coefficient (Wildman–Crippen LogP) is 4.11. The molecular formula is C16H30N2S. The minimum Gasteiger partial charge on any atom is -0.326 e. The molecule has 19 heavy (non-hydrogen) atoms. The lowest BCUT2D eigenvalue weighted by Crippen LogP contribution is -2.56. The van der Waals surface area contributed by atoms with E-state index in [9.17, 15) is 0 Å². The van der Waals surface area contributed by atoms with Gasteiger partial charge in [0.15, 0.2) is 0 Å². The van der Waals surface area contributed by atoms with E-state index in [1.807, 2.05) is 11.3 Å². The third-order valence-electron chi connectivity index (χ3n) is 3.70. The molecule has 0 radical (unpaired) electrons. The van der Waals surface area contributed by atoms with Crippen LogP contribution in [0.2, 0.25) is 0 Å². The Morgan fingerprint density at radius 3 is 2.32 bits per heavy atom. The normalized spacial score (nSPS) is 16.1. The van der Waals surface area contributed by atoms with Crippen molar-refractivity contribution in [3.8, 4) is 0 Å². The van der Waals surface area contributed by atoms with Gasteiger partial charge < -0.3 is 5.73 Å². The van der Waals surface area contributed by atoms with E-state index in [4.69, 9.17) is 5.73 Å². The van der Waals surface area contributed by atoms with Crippen LogP contribution < -0.4 is 5.73 Å². The zero-order valence-electron chi connectivity index (χ0n) is 13.3. The molecule has 0 aromatic carbocycles. The molecule has 0 aliphatic rings. The zero-order chi connectivity index (χ0) is 14.6. The number of thiophene rings is 1. The Kier molecular flexibility index (Phi) is 6.03. The summed E-state index contributed by atoms with van der Waals surface area (Å²) in [6.45, 7) is 14.6. The van der Waals surface area contributed by atoms with Crippen LogP contribution in [-0.4, -0.2) is 23.0 Å². The highest BCUT2D eigenvalue weighted by molar-refractivity contribution is 7.09. The maximum Gasteiger partial charge on any atom is 0.0334 e. The van der Waals surface area contributed by atoms with Crippen LogP contribution in [0, 0.1) is 5.41 Å². The van der Waals surface area contributed by atoms with Crippen molar-refractivity contribution in [3.63, 3.8) is 0 Å². The molecule has 0 amide bonds. The summed E-state index contributed by atoms with van der Waals surface area (Å²) in [7, 11) is 0. The molecule has 0 saturated carbocycles. The topological polar surface area (TPSA) is 29.3 Å². The summed E-state index contributed by atoms with van der Waals surface area (Å²) in [6.07, 6.45) is 1.02. The Bertz CT molecular complexity index is 351. The van der Waals surface area contributed by atoms with Crippen molar-refractivity contribution in [2.24, 2.45) is 11.1 Å². The molecular weight excluding hydrogens is 252 g/mol. The van der Waals surface area contributed by atoms with Crippen LogP contribution in [0.4, 0.5) is 0 Å². The fraction of sp³-hybridized carbons (Fsp3) is 0.750. The number of rotatable bonds is 6. The lowest BCUT2D eigenvalue weighted by atomic mass is 9.80. The monoisotopic (exact) mass is 282 g/mol. The Morgan fingerprint density at radius 1 is 1.32 bits per heavy atom. The van der Waals surface area contributed by atoms with Crippen LogP contribution in [0.3, 0.4) is 0 Å². The molecule has 2 N–H and O–H groups in total. The van der Waals surface area contributed by atoms with Crippen molar-refractivity contribution in [2.75, 3.05) is 0 Å². The largest absolute Gasteiger partial charge is 0.326 e. The smallest absolute Gasteiger partial charge is 0.0334 e. The maximum absolute atomic E-state index is 6.43. The summed E-state index contributed by atoms with van der Waals surface area (Å²) < 4.78 is 0. The highest BCUT2D eigenvalue weighted by atomic mass is 32.1. The standard InChI is InChI=1S/C16H30N2S/c1-7-14(17)15(16(4,5)6)18(12(2)3)11-13-9-8-10-19-13/h8-10,12,14-15H,7,11,17H2,1-6H3. The molecule has 1 rings (SSSR count). The molecule has 2 unspecified atom stereocenters. The lowest BCUT2D eigenvalue weighted by Gasteiger charge is -2.45. The van der Waals surface area contributed by atoms with Crippen LogP contribution in [0.5, 0.6) is 0 Å². The van der Waals surface area contributed by atoms with E-state index in [2.05, 4.69) is 64.0 Å². The zero-order valence-corrected chi connectivity index (χ0v) is 14.1. The van der Waals surface area contributed by atoms with Crippen LogP contribution in [-0.2, 0) is 6.54 Å². The summed E-state index contributed by atoms with van der Waals surface area (Å²) in [5.41, 5.74) is 6.62. The lowest BCUT2D eigenvalue weighted by molar-refractivity contribution is 0.0445. The highest BCUT2D eigenvalue weighted by Crippen LogP contribution is 2.30. The fourth-order valence-electron chi connectivity index (χ4n) is 2.79. The molecule has 1 aromatic heterocycles. The summed E-state index contributed by atoms with van der Waals surface area (Å²) in [6, 6.07) is 5.48. The van der Waals surface area contributed by atoms with Crippen molar-refractivity contribution < 1.29 is 0 Å². The van der Waals surface area contributed by atoms with Gasteiger partial charge in [0.1, 0.15) is 0 Å². The van der Waals surface area contributed by atoms with Gasteiger partial charge in [-0.15, -0.1) is 11.3 Å². The molecule has 0 aliphatic heterocycles. The Morgan fingerprint density at radius 2 is 1.95 bits per heavy atom. The molecule has 3 heteroatoms. The minimum absolute atomic E-state index is 0.191.